The van der Waals surface area contributed by atoms with E-state index >= 15 is 0 Å². The van der Waals surface area contributed by atoms with Gasteiger partial charge in [0, 0.05) is 37.2 Å². The first-order valence-electron chi connectivity index (χ1n) is 8.53. The molecule has 1 amide bonds. The van der Waals surface area contributed by atoms with Crippen LogP contribution in [0.3, 0.4) is 0 Å². The highest BCUT2D eigenvalue weighted by Gasteiger charge is 2.19. The van der Waals surface area contributed by atoms with Gasteiger partial charge in [-0.05, 0) is 19.2 Å². The fourth-order valence-corrected chi connectivity index (χ4v) is 4.13. The monoisotopic (exact) mass is 369 g/mol. The molecule has 3 aromatic rings. The lowest BCUT2D eigenvalue weighted by Crippen LogP contribution is -2.25. The predicted octanol–water partition coefficient (Wildman–Crippen LogP) is 1.94. The zero-order chi connectivity index (χ0) is 18.1. The molecule has 0 aliphatic carbocycles. The molecule has 0 fully saturated rings. The molecule has 0 atom stereocenters. The molecule has 0 unspecified atom stereocenters. The number of fused-ring (bicyclic) bond motifs is 2. The van der Waals surface area contributed by atoms with E-state index in [1.807, 2.05) is 24.3 Å². The van der Waals surface area contributed by atoms with Crippen LogP contribution in [0, 0.1) is 0 Å². The van der Waals surface area contributed by atoms with Crippen molar-refractivity contribution in [3.8, 4) is 0 Å². The van der Waals surface area contributed by atoms with E-state index in [-0.39, 0.29) is 17.9 Å². The van der Waals surface area contributed by atoms with Crippen LogP contribution in [0.1, 0.15) is 22.7 Å². The number of para-hydroxylation sites is 2. The molecule has 0 saturated carbocycles. The summed E-state index contributed by atoms with van der Waals surface area (Å²) in [5.41, 5.74) is 2.63. The number of thiazole rings is 1. The largest absolute Gasteiger partial charge is 0.319 e. The molecule has 4 rings (SSSR count). The lowest BCUT2D eigenvalue weighted by molar-refractivity contribution is -0.116. The number of nitrogens with zero attached hydrogens (tertiary/aromatic N) is 3. The zero-order valence-corrected chi connectivity index (χ0v) is 15.2. The average molecular weight is 369 g/mol. The Hall–Kier alpha value is -2.58. The number of hydrogen-bond acceptors (Lipinski definition) is 6. The number of rotatable bonds is 4. The number of H-pyrrole nitrogens is 1. The molecule has 134 valence electrons. The van der Waals surface area contributed by atoms with Crippen LogP contribution in [0.4, 0.5) is 5.13 Å². The number of aromatic amines is 1. The van der Waals surface area contributed by atoms with Crippen molar-refractivity contribution in [1.29, 1.82) is 0 Å². The van der Waals surface area contributed by atoms with Crippen LogP contribution in [-0.4, -0.2) is 39.4 Å². The summed E-state index contributed by atoms with van der Waals surface area (Å²) in [5, 5.41) is 3.49. The van der Waals surface area contributed by atoms with Gasteiger partial charge in [-0.2, -0.15) is 0 Å². The number of nitrogens with one attached hydrogen (secondary N) is 2. The maximum atomic E-state index is 12.2. The van der Waals surface area contributed by atoms with E-state index in [0.717, 1.165) is 30.7 Å². The first kappa shape index (κ1) is 16.9. The van der Waals surface area contributed by atoms with E-state index in [0.29, 0.717) is 22.8 Å². The molecule has 1 aromatic carbocycles. The summed E-state index contributed by atoms with van der Waals surface area (Å²) in [5.74, 6) is -0.154. The Morgan fingerprint density at radius 2 is 2.19 bits per heavy atom. The first-order valence-corrected chi connectivity index (χ1v) is 9.35. The van der Waals surface area contributed by atoms with Crippen molar-refractivity contribution in [2.75, 3.05) is 18.9 Å². The molecule has 0 spiro atoms. The SMILES string of the molecule is CN1CCc2nc(NC(=O)CCc3nc4ccccc4[nH]c3=O)sc2C1. The fraction of sp³-hybridized carbons (Fsp3) is 0.333. The van der Waals surface area contributed by atoms with Gasteiger partial charge in [-0.1, -0.05) is 12.1 Å². The molecule has 1 aliphatic heterocycles. The minimum absolute atomic E-state index is 0.154. The van der Waals surface area contributed by atoms with E-state index in [2.05, 4.69) is 32.2 Å². The van der Waals surface area contributed by atoms with Crippen LogP contribution in [0.2, 0.25) is 0 Å². The van der Waals surface area contributed by atoms with Gasteiger partial charge in [0.1, 0.15) is 5.69 Å². The van der Waals surface area contributed by atoms with Crippen molar-refractivity contribution in [3.05, 3.63) is 50.9 Å². The van der Waals surface area contributed by atoms with Gasteiger partial charge in [0.05, 0.1) is 16.7 Å². The van der Waals surface area contributed by atoms with Gasteiger partial charge >= 0.3 is 0 Å². The number of anilines is 1. The molecule has 2 N–H and O–H groups in total. The van der Waals surface area contributed by atoms with Crippen molar-refractivity contribution < 1.29 is 4.79 Å². The normalized spacial score (nSPS) is 14.3. The summed E-state index contributed by atoms with van der Waals surface area (Å²) in [7, 11) is 2.08. The first-order chi connectivity index (χ1) is 12.6. The van der Waals surface area contributed by atoms with Crippen LogP contribution in [0.15, 0.2) is 29.1 Å². The molecule has 2 aromatic heterocycles. The summed E-state index contributed by atoms with van der Waals surface area (Å²) < 4.78 is 0. The van der Waals surface area contributed by atoms with Crippen molar-refractivity contribution in [2.45, 2.75) is 25.8 Å². The third kappa shape index (κ3) is 3.51. The Balaban J connectivity index is 1.41. The highest BCUT2D eigenvalue weighted by atomic mass is 32.1. The van der Waals surface area contributed by atoms with Crippen LogP contribution in [0.25, 0.3) is 11.0 Å². The van der Waals surface area contributed by atoms with Crippen LogP contribution >= 0.6 is 11.3 Å². The maximum absolute atomic E-state index is 12.2. The average Bonchev–Trinajstić information content (AvgIpc) is 3.01. The summed E-state index contributed by atoms with van der Waals surface area (Å²) in [4.78, 5) is 39.5. The molecule has 8 heteroatoms. The van der Waals surface area contributed by atoms with E-state index in [9.17, 15) is 9.59 Å². The van der Waals surface area contributed by atoms with E-state index < -0.39 is 0 Å². The molecular formula is C18H19N5O2S. The third-order valence-corrected chi connectivity index (χ3v) is 5.42. The van der Waals surface area contributed by atoms with Crippen molar-refractivity contribution in [3.63, 3.8) is 0 Å². The number of carbonyl (C=O) groups is 1. The minimum atomic E-state index is -0.246. The van der Waals surface area contributed by atoms with Crippen molar-refractivity contribution >= 4 is 33.4 Å². The second-order valence-corrected chi connectivity index (χ2v) is 7.54. The Morgan fingerprint density at radius 1 is 1.35 bits per heavy atom. The molecule has 0 bridgehead atoms. The quantitative estimate of drug-likeness (QED) is 0.733. The smallest absolute Gasteiger partial charge is 0.270 e. The second-order valence-electron chi connectivity index (χ2n) is 6.45. The van der Waals surface area contributed by atoms with E-state index in [1.165, 1.54) is 16.2 Å². The Kier molecular flexibility index (Phi) is 4.52. The van der Waals surface area contributed by atoms with Gasteiger partial charge in [0.25, 0.3) is 5.56 Å². The van der Waals surface area contributed by atoms with Gasteiger partial charge in [-0.3, -0.25) is 9.59 Å². The molecular weight excluding hydrogens is 350 g/mol. The summed E-state index contributed by atoms with van der Waals surface area (Å²) in [6.07, 6.45) is 1.40. The van der Waals surface area contributed by atoms with Gasteiger partial charge in [0.2, 0.25) is 5.91 Å². The van der Waals surface area contributed by atoms with Crippen LogP contribution in [0.5, 0.6) is 0 Å². The second kappa shape index (κ2) is 6.97. The number of likely N-dealkylation sites (N-methyl/N-ethyl adjacent to an activating group) is 1. The van der Waals surface area contributed by atoms with Crippen LogP contribution < -0.4 is 10.9 Å². The fourth-order valence-electron chi connectivity index (χ4n) is 3.03. The van der Waals surface area contributed by atoms with E-state index in [4.69, 9.17) is 0 Å². The topological polar surface area (TPSA) is 91.0 Å². The highest BCUT2D eigenvalue weighted by Crippen LogP contribution is 2.27. The van der Waals surface area contributed by atoms with Crippen molar-refractivity contribution in [2.24, 2.45) is 0 Å². The van der Waals surface area contributed by atoms with Gasteiger partial charge < -0.3 is 15.2 Å². The van der Waals surface area contributed by atoms with E-state index in [1.54, 1.807) is 0 Å². The molecule has 7 nitrogen and oxygen atoms in total. The molecule has 1 aliphatic rings. The molecule has 3 heterocycles. The van der Waals surface area contributed by atoms with Crippen LogP contribution in [-0.2, 0) is 24.2 Å². The Morgan fingerprint density at radius 3 is 3.08 bits per heavy atom. The van der Waals surface area contributed by atoms with Crippen molar-refractivity contribution in [1.82, 2.24) is 19.9 Å². The highest BCUT2D eigenvalue weighted by molar-refractivity contribution is 7.15. The van der Waals surface area contributed by atoms with Gasteiger partial charge in [-0.15, -0.1) is 11.3 Å². The maximum Gasteiger partial charge on any atom is 0.270 e. The Bertz CT molecular complexity index is 1030. The number of hydrogen-bond donors (Lipinski definition) is 2. The predicted molar refractivity (Wildman–Crippen MR) is 101 cm³/mol. The lowest BCUT2D eigenvalue weighted by Gasteiger charge is -2.20. The summed E-state index contributed by atoms with van der Waals surface area (Å²) in [6, 6.07) is 7.36. The Labute approximate surface area is 154 Å². The molecule has 26 heavy (non-hydrogen) atoms. The number of amides is 1. The third-order valence-electron chi connectivity index (χ3n) is 4.43. The standard InChI is InChI=1S/C18H19N5O2S/c1-23-9-8-13-15(10-23)26-18(21-13)22-16(24)7-6-14-17(25)20-12-5-3-2-4-11(12)19-14/h2-5H,6-10H2,1H3,(H,20,25)(H,21,22,24). The minimum Gasteiger partial charge on any atom is -0.319 e. The number of carbonyl (C=O) groups excluding carboxylic acids is 1. The number of benzene rings is 1. The lowest BCUT2D eigenvalue weighted by atomic mass is 10.2. The van der Waals surface area contributed by atoms with Gasteiger partial charge in [-0.25, -0.2) is 9.97 Å². The summed E-state index contributed by atoms with van der Waals surface area (Å²) >= 11 is 1.53. The summed E-state index contributed by atoms with van der Waals surface area (Å²) in [6.45, 7) is 1.86. The van der Waals surface area contributed by atoms with Gasteiger partial charge in [0.15, 0.2) is 5.13 Å². The number of aromatic nitrogens is 3. The number of aryl methyl sites for hydroxylation is 1. The molecule has 0 radical (unpaired) electrons. The zero-order valence-electron chi connectivity index (χ0n) is 14.4. The molecule has 0 saturated heterocycles.